The Kier molecular flexibility index (Phi) is 5.15. The minimum absolute atomic E-state index is 0.643. The molecule has 0 heterocycles. The van der Waals surface area contributed by atoms with Gasteiger partial charge in [-0.2, -0.15) is 0 Å². The molecule has 1 rings (SSSR count). The van der Waals surface area contributed by atoms with E-state index in [0.29, 0.717) is 5.75 Å². The Bertz CT molecular complexity index is 395. The Balaban J connectivity index is 3.46. The van der Waals surface area contributed by atoms with E-state index in [0.717, 1.165) is 16.5 Å². The minimum Gasteiger partial charge on any atom is -0.497 e. The average Bonchev–Trinajstić information content (AvgIpc) is 2.42. The summed E-state index contributed by atoms with van der Waals surface area (Å²) in [7, 11) is 5.00. The third-order valence-electron chi connectivity index (χ3n) is 2.84. The second kappa shape index (κ2) is 6.19. The van der Waals surface area contributed by atoms with Crippen LogP contribution in [0.1, 0.15) is 5.56 Å². The summed E-state index contributed by atoms with van der Waals surface area (Å²) in [6.07, 6.45) is 0. The van der Waals surface area contributed by atoms with Gasteiger partial charge in [0.2, 0.25) is 0 Å². The van der Waals surface area contributed by atoms with Crippen molar-refractivity contribution in [1.82, 2.24) is 0 Å². The van der Waals surface area contributed by atoms with Crippen LogP contribution in [-0.2, 0) is 13.3 Å². The Morgan fingerprint density at radius 2 is 1.39 bits per heavy atom. The molecule has 0 amide bonds. The molecule has 0 atom stereocenters. The van der Waals surface area contributed by atoms with Crippen LogP contribution in [0.15, 0.2) is 12.1 Å². The molecular weight excluding hydrogens is 252 g/mol. The lowest BCUT2D eigenvalue weighted by molar-refractivity contribution is 0.139. The van der Waals surface area contributed by atoms with E-state index in [1.807, 2.05) is 13.0 Å². The van der Waals surface area contributed by atoms with Crippen molar-refractivity contribution in [1.29, 1.82) is 0 Å². The number of hydrogen-bond acceptors (Lipinski definition) is 5. The van der Waals surface area contributed by atoms with Crippen LogP contribution in [-0.4, -0.2) is 44.4 Å². The lowest BCUT2D eigenvalue weighted by Crippen LogP contribution is -2.56. The van der Waals surface area contributed by atoms with Crippen molar-refractivity contribution in [3.05, 3.63) is 17.7 Å². The van der Waals surface area contributed by atoms with Crippen molar-refractivity contribution in [2.45, 2.75) is 6.92 Å². The first kappa shape index (κ1) is 15.0. The molecular formula is C12H20O5Si. The Morgan fingerprint density at radius 1 is 0.833 bits per heavy atom. The molecule has 0 fully saturated rings. The van der Waals surface area contributed by atoms with Crippen LogP contribution < -0.4 is 14.7 Å². The lowest BCUT2D eigenvalue weighted by atomic mass is 10.2. The predicted octanol–water partition coefficient (Wildman–Crippen LogP) is 1.10. The van der Waals surface area contributed by atoms with Crippen LogP contribution >= 0.6 is 0 Å². The largest absolute Gasteiger partial charge is 0.540 e. The maximum absolute atomic E-state index is 5.49. The van der Waals surface area contributed by atoms with E-state index in [1.54, 1.807) is 41.6 Å². The standard InChI is InChI=1S/C12H20O5Si/c1-9-7-10(13-2)8-11(14-3)12(9)18(15-4,16-5)17-6/h7-8H,1-6H3. The summed E-state index contributed by atoms with van der Waals surface area (Å²) < 4.78 is 27.1. The van der Waals surface area contributed by atoms with Gasteiger partial charge in [-0.05, 0) is 18.6 Å². The fourth-order valence-electron chi connectivity index (χ4n) is 1.95. The Hall–Kier alpha value is -1.08. The first-order chi connectivity index (χ1) is 8.58. The molecule has 0 aromatic heterocycles. The molecule has 0 spiro atoms. The van der Waals surface area contributed by atoms with Gasteiger partial charge in [-0.1, -0.05) is 0 Å². The smallest absolute Gasteiger partial charge is 0.497 e. The molecule has 0 saturated carbocycles. The lowest BCUT2D eigenvalue weighted by Gasteiger charge is -2.27. The maximum atomic E-state index is 5.49. The van der Waals surface area contributed by atoms with Crippen molar-refractivity contribution >= 4 is 14.0 Å². The fraction of sp³-hybridized carbons (Fsp3) is 0.500. The molecule has 6 heteroatoms. The van der Waals surface area contributed by atoms with Gasteiger partial charge in [0, 0.05) is 27.4 Å². The highest BCUT2D eigenvalue weighted by atomic mass is 28.4. The highest BCUT2D eigenvalue weighted by Crippen LogP contribution is 2.24. The second-order valence-electron chi connectivity index (χ2n) is 3.69. The molecule has 0 aliphatic rings. The maximum Gasteiger partial charge on any atom is 0.540 e. The molecule has 0 saturated heterocycles. The Labute approximate surface area is 109 Å². The van der Waals surface area contributed by atoms with Crippen molar-refractivity contribution < 1.29 is 22.8 Å². The van der Waals surface area contributed by atoms with E-state index in [-0.39, 0.29) is 0 Å². The topological polar surface area (TPSA) is 46.2 Å². The molecule has 0 bridgehead atoms. The molecule has 0 aliphatic carbocycles. The molecule has 5 nitrogen and oxygen atoms in total. The summed E-state index contributed by atoms with van der Waals surface area (Å²) in [5.74, 6) is 1.36. The zero-order chi connectivity index (χ0) is 13.8. The number of hydrogen-bond donors (Lipinski definition) is 0. The van der Waals surface area contributed by atoms with Crippen LogP contribution in [0.2, 0.25) is 0 Å². The molecule has 102 valence electrons. The SMILES string of the molecule is COc1cc(C)c([Si](OC)(OC)OC)c(OC)c1. The number of methoxy groups -OCH3 is 2. The zero-order valence-electron chi connectivity index (χ0n) is 11.7. The van der Waals surface area contributed by atoms with Gasteiger partial charge in [-0.25, -0.2) is 0 Å². The molecule has 0 unspecified atom stereocenters. The summed E-state index contributed by atoms with van der Waals surface area (Å²) in [4.78, 5) is 0. The molecule has 1 aromatic rings. The van der Waals surface area contributed by atoms with Crippen LogP contribution in [0.25, 0.3) is 0 Å². The van der Waals surface area contributed by atoms with E-state index < -0.39 is 8.80 Å². The highest BCUT2D eigenvalue weighted by molar-refractivity contribution is 6.76. The van der Waals surface area contributed by atoms with E-state index in [1.165, 1.54) is 0 Å². The van der Waals surface area contributed by atoms with E-state index in [4.69, 9.17) is 22.8 Å². The van der Waals surface area contributed by atoms with Crippen molar-refractivity contribution in [2.24, 2.45) is 0 Å². The fourth-order valence-corrected chi connectivity index (χ4v) is 4.09. The molecule has 0 N–H and O–H groups in total. The molecule has 0 aliphatic heterocycles. The molecule has 18 heavy (non-hydrogen) atoms. The van der Waals surface area contributed by atoms with Crippen molar-refractivity contribution in [3.63, 3.8) is 0 Å². The summed E-state index contributed by atoms with van der Waals surface area (Å²) in [6, 6.07) is 3.69. The van der Waals surface area contributed by atoms with E-state index in [9.17, 15) is 0 Å². The minimum atomic E-state index is -2.92. The zero-order valence-corrected chi connectivity index (χ0v) is 12.7. The van der Waals surface area contributed by atoms with Crippen LogP contribution in [0.3, 0.4) is 0 Å². The van der Waals surface area contributed by atoms with Crippen LogP contribution in [0.4, 0.5) is 0 Å². The average molecular weight is 272 g/mol. The van der Waals surface area contributed by atoms with E-state index in [2.05, 4.69) is 0 Å². The van der Waals surface area contributed by atoms with Crippen LogP contribution in [0.5, 0.6) is 11.5 Å². The van der Waals surface area contributed by atoms with Crippen LogP contribution in [0, 0.1) is 6.92 Å². The first-order valence-corrected chi connectivity index (χ1v) is 7.19. The third kappa shape index (κ3) is 2.51. The summed E-state index contributed by atoms with van der Waals surface area (Å²) >= 11 is 0. The van der Waals surface area contributed by atoms with Gasteiger partial charge >= 0.3 is 8.80 Å². The monoisotopic (exact) mass is 272 g/mol. The quantitative estimate of drug-likeness (QED) is 0.726. The van der Waals surface area contributed by atoms with Gasteiger partial charge in [0.15, 0.2) is 0 Å². The van der Waals surface area contributed by atoms with Crippen molar-refractivity contribution in [2.75, 3.05) is 35.5 Å². The summed E-state index contributed by atoms with van der Waals surface area (Å²) in [5.41, 5.74) is 0.948. The number of aryl methyl sites for hydroxylation is 1. The number of ether oxygens (including phenoxy) is 2. The summed E-state index contributed by atoms with van der Waals surface area (Å²) in [5, 5.41) is 0.818. The Morgan fingerprint density at radius 3 is 1.78 bits per heavy atom. The van der Waals surface area contributed by atoms with Gasteiger partial charge in [0.05, 0.1) is 19.4 Å². The summed E-state index contributed by atoms with van der Waals surface area (Å²) in [6.45, 7) is 1.94. The van der Waals surface area contributed by atoms with Crippen molar-refractivity contribution in [3.8, 4) is 11.5 Å². The van der Waals surface area contributed by atoms with Gasteiger partial charge in [-0.15, -0.1) is 0 Å². The molecule has 1 aromatic carbocycles. The molecule has 0 radical (unpaired) electrons. The van der Waals surface area contributed by atoms with E-state index >= 15 is 0 Å². The number of benzene rings is 1. The normalized spacial score (nSPS) is 11.4. The third-order valence-corrected chi connectivity index (χ3v) is 5.71. The first-order valence-electron chi connectivity index (χ1n) is 5.47. The highest BCUT2D eigenvalue weighted by Gasteiger charge is 2.45. The van der Waals surface area contributed by atoms with Gasteiger partial charge in [-0.3, -0.25) is 0 Å². The number of rotatable bonds is 6. The van der Waals surface area contributed by atoms with Gasteiger partial charge < -0.3 is 22.8 Å². The van der Waals surface area contributed by atoms with Gasteiger partial charge in [0.1, 0.15) is 11.5 Å². The second-order valence-corrected chi connectivity index (χ2v) is 6.53. The van der Waals surface area contributed by atoms with Gasteiger partial charge in [0.25, 0.3) is 0 Å². The predicted molar refractivity (Wildman–Crippen MR) is 70.7 cm³/mol.